The number of aromatic nitrogens is 1. The van der Waals surface area contributed by atoms with E-state index in [1.807, 2.05) is 12.1 Å². The number of hydrogen-bond donors (Lipinski definition) is 1. The summed E-state index contributed by atoms with van der Waals surface area (Å²) in [5.41, 5.74) is 0.929. The van der Waals surface area contributed by atoms with Crippen LogP contribution in [0.15, 0.2) is 34.2 Å². The van der Waals surface area contributed by atoms with Crippen molar-refractivity contribution in [2.75, 3.05) is 6.54 Å². The number of rotatable bonds is 6. The Balaban J connectivity index is 2.21. The van der Waals surface area contributed by atoms with Crippen LogP contribution in [0.3, 0.4) is 0 Å². The summed E-state index contributed by atoms with van der Waals surface area (Å²) < 4.78 is 1.16. The Labute approximate surface area is 131 Å². The molecule has 0 aliphatic carbocycles. The molecular weight excluding hydrogens is 344 g/mol. The van der Waals surface area contributed by atoms with Gasteiger partial charge < -0.3 is 5.32 Å². The molecule has 2 aromatic heterocycles. The van der Waals surface area contributed by atoms with Gasteiger partial charge in [0.25, 0.3) is 0 Å². The number of nitrogens with zero attached hydrogens (tertiary/aromatic N) is 1. The van der Waals surface area contributed by atoms with Gasteiger partial charge in [0.2, 0.25) is 0 Å². The molecule has 2 rings (SSSR count). The van der Waals surface area contributed by atoms with E-state index < -0.39 is 0 Å². The van der Waals surface area contributed by atoms with Gasteiger partial charge in [0.1, 0.15) is 0 Å². The first kappa shape index (κ1) is 15.0. The highest BCUT2D eigenvalue weighted by molar-refractivity contribution is 9.10. The van der Waals surface area contributed by atoms with Gasteiger partial charge in [0.05, 0.1) is 16.8 Å². The van der Waals surface area contributed by atoms with E-state index in [1.165, 1.54) is 4.88 Å². The van der Waals surface area contributed by atoms with Crippen LogP contribution in [0.25, 0.3) is 0 Å². The molecule has 0 fully saturated rings. The minimum Gasteiger partial charge on any atom is -0.308 e. The van der Waals surface area contributed by atoms with Gasteiger partial charge in [-0.1, -0.05) is 18.5 Å². The Kier molecular flexibility index (Phi) is 5.82. The van der Waals surface area contributed by atoms with Crippen LogP contribution in [0.4, 0.5) is 0 Å². The maximum absolute atomic E-state index is 6.27. The molecule has 0 aliphatic heterocycles. The molecule has 1 N–H and O–H groups in total. The van der Waals surface area contributed by atoms with Gasteiger partial charge in [0.15, 0.2) is 0 Å². The summed E-state index contributed by atoms with van der Waals surface area (Å²) >= 11 is 11.6. The standard InChI is InChI=1S/C14H16BrClN2S/c1-2-6-17-12(9-13-10(15)5-8-19-13)14-11(16)4-3-7-18-14/h3-5,7-8,12,17H,2,6,9H2,1H3. The molecule has 1 atom stereocenters. The Bertz CT molecular complexity index is 530. The van der Waals surface area contributed by atoms with Crippen LogP contribution in [-0.4, -0.2) is 11.5 Å². The van der Waals surface area contributed by atoms with Gasteiger partial charge in [-0.3, -0.25) is 4.98 Å². The third kappa shape index (κ3) is 4.02. The minimum atomic E-state index is 0.156. The fourth-order valence-electron chi connectivity index (χ4n) is 1.89. The Hall–Kier alpha value is -0.420. The summed E-state index contributed by atoms with van der Waals surface area (Å²) in [7, 11) is 0. The molecule has 0 aromatic carbocycles. The predicted molar refractivity (Wildman–Crippen MR) is 86.0 cm³/mol. The maximum atomic E-state index is 6.27. The lowest BCUT2D eigenvalue weighted by atomic mass is 10.1. The second-order valence-corrected chi connectivity index (χ2v) is 6.54. The van der Waals surface area contributed by atoms with Crippen molar-refractivity contribution in [1.82, 2.24) is 10.3 Å². The Morgan fingerprint density at radius 2 is 2.32 bits per heavy atom. The van der Waals surface area contributed by atoms with Gasteiger partial charge in [0, 0.05) is 22.0 Å². The molecule has 0 saturated heterocycles. The quantitative estimate of drug-likeness (QED) is 0.798. The molecule has 0 aliphatic rings. The predicted octanol–water partition coefficient (Wildman–Crippen LogP) is 4.84. The van der Waals surface area contributed by atoms with Crippen LogP contribution in [0.5, 0.6) is 0 Å². The van der Waals surface area contributed by atoms with Crippen molar-refractivity contribution >= 4 is 38.9 Å². The Morgan fingerprint density at radius 1 is 1.47 bits per heavy atom. The largest absolute Gasteiger partial charge is 0.308 e. The lowest BCUT2D eigenvalue weighted by molar-refractivity contribution is 0.520. The molecule has 2 aromatic rings. The van der Waals surface area contributed by atoms with E-state index in [2.05, 4.69) is 44.6 Å². The van der Waals surface area contributed by atoms with Gasteiger partial charge in [-0.25, -0.2) is 0 Å². The number of thiophene rings is 1. The lowest BCUT2D eigenvalue weighted by Gasteiger charge is -2.18. The zero-order valence-electron chi connectivity index (χ0n) is 10.7. The van der Waals surface area contributed by atoms with E-state index in [0.717, 1.165) is 34.6 Å². The SMILES string of the molecule is CCCNC(Cc1sccc1Br)c1ncccc1Cl. The monoisotopic (exact) mass is 358 g/mol. The molecule has 0 radical (unpaired) electrons. The molecule has 2 nitrogen and oxygen atoms in total. The number of pyridine rings is 1. The third-order valence-electron chi connectivity index (χ3n) is 2.84. The van der Waals surface area contributed by atoms with Crippen molar-refractivity contribution in [2.24, 2.45) is 0 Å². The number of hydrogen-bond acceptors (Lipinski definition) is 3. The highest BCUT2D eigenvalue weighted by atomic mass is 79.9. The number of halogens is 2. The van der Waals surface area contributed by atoms with Crippen LogP contribution >= 0.6 is 38.9 Å². The minimum absolute atomic E-state index is 0.156. The van der Waals surface area contributed by atoms with E-state index in [0.29, 0.717) is 0 Å². The summed E-state index contributed by atoms with van der Waals surface area (Å²) in [5, 5.41) is 6.35. The molecule has 102 valence electrons. The zero-order chi connectivity index (χ0) is 13.7. The topological polar surface area (TPSA) is 24.9 Å². The van der Waals surface area contributed by atoms with E-state index in [-0.39, 0.29) is 6.04 Å². The summed E-state index contributed by atoms with van der Waals surface area (Å²) in [4.78, 5) is 5.75. The molecule has 0 spiro atoms. The van der Waals surface area contributed by atoms with Gasteiger partial charge in [-0.15, -0.1) is 11.3 Å². The summed E-state index contributed by atoms with van der Waals surface area (Å²) in [6, 6.07) is 6.00. The van der Waals surface area contributed by atoms with Crippen LogP contribution in [0.2, 0.25) is 5.02 Å². The van der Waals surface area contributed by atoms with Crippen molar-refractivity contribution < 1.29 is 0 Å². The smallest absolute Gasteiger partial charge is 0.0762 e. The maximum Gasteiger partial charge on any atom is 0.0762 e. The normalized spacial score (nSPS) is 12.6. The molecular formula is C14H16BrClN2S. The molecule has 19 heavy (non-hydrogen) atoms. The van der Waals surface area contributed by atoms with Crippen LogP contribution in [0, 0.1) is 0 Å². The van der Waals surface area contributed by atoms with Crippen molar-refractivity contribution in [3.05, 3.63) is 49.8 Å². The summed E-state index contributed by atoms with van der Waals surface area (Å²) in [5.74, 6) is 0. The first-order valence-corrected chi connectivity index (χ1v) is 8.33. The molecule has 5 heteroatoms. The average Bonchev–Trinajstić information content (AvgIpc) is 2.81. The zero-order valence-corrected chi connectivity index (χ0v) is 13.9. The average molecular weight is 360 g/mol. The molecule has 1 unspecified atom stereocenters. The van der Waals surface area contributed by atoms with Crippen molar-refractivity contribution in [3.8, 4) is 0 Å². The van der Waals surface area contributed by atoms with Crippen molar-refractivity contribution in [1.29, 1.82) is 0 Å². The highest BCUT2D eigenvalue weighted by Crippen LogP contribution is 2.30. The van der Waals surface area contributed by atoms with Crippen LogP contribution in [0.1, 0.15) is 30.0 Å². The van der Waals surface area contributed by atoms with Crippen LogP contribution in [-0.2, 0) is 6.42 Å². The van der Waals surface area contributed by atoms with Gasteiger partial charge in [-0.05, 0) is 52.5 Å². The fraction of sp³-hybridized carbons (Fsp3) is 0.357. The lowest BCUT2D eigenvalue weighted by Crippen LogP contribution is -2.25. The van der Waals surface area contributed by atoms with E-state index in [9.17, 15) is 0 Å². The second kappa shape index (κ2) is 7.39. The third-order valence-corrected chi connectivity index (χ3v) is 5.11. The van der Waals surface area contributed by atoms with Crippen molar-refractivity contribution in [3.63, 3.8) is 0 Å². The summed E-state index contributed by atoms with van der Waals surface area (Å²) in [6.45, 7) is 3.12. The first-order valence-electron chi connectivity index (χ1n) is 6.28. The Morgan fingerprint density at radius 3 is 2.95 bits per heavy atom. The number of nitrogens with one attached hydrogen (secondary N) is 1. The molecule has 0 bridgehead atoms. The fourth-order valence-corrected chi connectivity index (χ4v) is 3.71. The van der Waals surface area contributed by atoms with E-state index in [4.69, 9.17) is 11.6 Å². The second-order valence-electron chi connectivity index (χ2n) is 4.27. The first-order chi connectivity index (χ1) is 9.22. The van der Waals surface area contributed by atoms with Gasteiger partial charge >= 0.3 is 0 Å². The summed E-state index contributed by atoms with van der Waals surface area (Å²) in [6.07, 6.45) is 3.78. The van der Waals surface area contributed by atoms with E-state index >= 15 is 0 Å². The van der Waals surface area contributed by atoms with E-state index in [1.54, 1.807) is 17.5 Å². The highest BCUT2D eigenvalue weighted by Gasteiger charge is 2.17. The van der Waals surface area contributed by atoms with Gasteiger partial charge in [-0.2, -0.15) is 0 Å². The molecule has 0 amide bonds. The van der Waals surface area contributed by atoms with Crippen molar-refractivity contribution in [2.45, 2.75) is 25.8 Å². The molecule has 0 saturated carbocycles. The van der Waals surface area contributed by atoms with Crippen LogP contribution < -0.4 is 5.32 Å². The molecule has 2 heterocycles.